The summed E-state index contributed by atoms with van der Waals surface area (Å²) in [4.78, 5) is 33.7. The number of hydrogen-bond donors (Lipinski definition) is 3. The Bertz CT molecular complexity index is 520. The summed E-state index contributed by atoms with van der Waals surface area (Å²) < 4.78 is 5.18. The molecule has 1 aromatic rings. The van der Waals surface area contributed by atoms with Crippen LogP contribution < -0.4 is 10.6 Å². The monoisotopic (exact) mass is 392 g/mol. The van der Waals surface area contributed by atoms with Crippen LogP contribution in [0.2, 0.25) is 0 Å². The van der Waals surface area contributed by atoms with Gasteiger partial charge < -0.3 is 20.5 Å². The summed E-state index contributed by atoms with van der Waals surface area (Å²) >= 11 is 2.03. The van der Waals surface area contributed by atoms with Gasteiger partial charge in [0.05, 0.1) is 19.2 Å². The van der Waals surface area contributed by atoms with E-state index in [9.17, 15) is 14.4 Å². The number of halogens is 1. The summed E-state index contributed by atoms with van der Waals surface area (Å²) in [5, 5.41) is 13.7. The number of ether oxygens (including phenoxy) is 1. The van der Waals surface area contributed by atoms with Crippen LogP contribution in [-0.2, 0) is 14.3 Å². The number of aliphatic carboxylic acids is 1. The Labute approximate surface area is 128 Å². The van der Waals surface area contributed by atoms with Gasteiger partial charge in [0.25, 0.3) is 0 Å². The zero-order chi connectivity index (χ0) is 15.1. The van der Waals surface area contributed by atoms with Gasteiger partial charge >= 0.3 is 18.0 Å². The second-order valence-electron chi connectivity index (χ2n) is 3.75. The minimum Gasteiger partial charge on any atom is -0.480 e. The van der Waals surface area contributed by atoms with Crippen LogP contribution >= 0.6 is 22.6 Å². The largest absolute Gasteiger partial charge is 0.480 e. The molecule has 108 valence electrons. The van der Waals surface area contributed by atoms with Gasteiger partial charge in [-0.1, -0.05) is 12.1 Å². The third-order valence-corrected chi connectivity index (χ3v) is 3.26. The number of nitrogens with one attached hydrogen (secondary N) is 2. The molecule has 3 N–H and O–H groups in total. The highest BCUT2D eigenvalue weighted by Gasteiger charge is 2.23. The number of methoxy groups -OCH3 is 1. The van der Waals surface area contributed by atoms with Gasteiger partial charge in [0.1, 0.15) is 6.04 Å². The molecule has 0 bridgehead atoms. The van der Waals surface area contributed by atoms with Crippen LogP contribution in [-0.4, -0.2) is 36.2 Å². The van der Waals surface area contributed by atoms with Gasteiger partial charge in [0.15, 0.2) is 0 Å². The number of benzene rings is 1. The average Bonchev–Trinajstić information content (AvgIpc) is 2.40. The number of rotatable bonds is 5. The Balaban J connectivity index is 2.65. The van der Waals surface area contributed by atoms with Crippen molar-refractivity contribution in [3.63, 3.8) is 0 Å². The molecule has 0 saturated carbocycles. The molecule has 0 aliphatic heterocycles. The molecule has 7 nitrogen and oxygen atoms in total. The first-order chi connectivity index (χ1) is 9.43. The van der Waals surface area contributed by atoms with Crippen LogP contribution in [0.5, 0.6) is 0 Å². The van der Waals surface area contributed by atoms with Crippen molar-refractivity contribution in [1.82, 2.24) is 5.32 Å². The van der Waals surface area contributed by atoms with E-state index in [0.29, 0.717) is 5.69 Å². The fourth-order valence-electron chi connectivity index (χ4n) is 1.33. The maximum Gasteiger partial charge on any atom is 0.326 e. The lowest BCUT2D eigenvalue weighted by Crippen LogP contribution is -2.44. The normalized spacial score (nSPS) is 11.3. The molecule has 0 aliphatic carbocycles. The van der Waals surface area contributed by atoms with Gasteiger partial charge in [-0.2, -0.15) is 0 Å². The quantitative estimate of drug-likeness (QED) is 0.520. The van der Waals surface area contributed by atoms with Crippen LogP contribution in [0.4, 0.5) is 10.5 Å². The molecule has 0 aromatic heterocycles. The molecule has 1 atom stereocenters. The fraction of sp³-hybridized carbons (Fsp3) is 0.250. The van der Waals surface area contributed by atoms with Crippen LogP contribution in [0.25, 0.3) is 0 Å². The number of carbonyl (C=O) groups excluding carboxylic acids is 2. The molecule has 2 amide bonds. The topological polar surface area (TPSA) is 105 Å². The van der Waals surface area contributed by atoms with Crippen molar-refractivity contribution in [3.8, 4) is 0 Å². The lowest BCUT2D eigenvalue weighted by Gasteiger charge is -2.14. The Morgan fingerprint density at radius 1 is 1.35 bits per heavy atom. The molecule has 20 heavy (non-hydrogen) atoms. The van der Waals surface area contributed by atoms with Gasteiger partial charge in [-0.15, -0.1) is 0 Å². The van der Waals surface area contributed by atoms with Crippen molar-refractivity contribution in [3.05, 3.63) is 27.8 Å². The molecule has 0 aliphatic rings. The number of esters is 1. The lowest BCUT2D eigenvalue weighted by atomic mass is 10.2. The first-order valence-electron chi connectivity index (χ1n) is 5.55. The summed E-state index contributed by atoms with van der Waals surface area (Å²) in [6.45, 7) is 0. The second kappa shape index (κ2) is 7.68. The minimum absolute atomic E-state index is 0.439. The van der Waals surface area contributed by atoms with Gasteiger partial charge in [0.2, 0.25) is 0 Å². The fourth-order valence-corrected chi connectivity index (χ4v) is 1.85. The molecular formula is C12H13IN2O5. The Hall–Kier alpha value is -1.84. The number of carboxylic acids is 1. The number of para-hydroxylation sites is 1. The molecule has 0 saturated heterocycles. The first kappa shape index (κ1) is 16.2. The number of hydrogen-bond acceptors (Lipinski definition) is 4. The summed E-state index contributed by atoms with van der Waals surface area (Å²) in [6.07, 6.45) is -0.439. The van der Waals surface area contributed by atoms with Crippen LogP contribution in [0, 0.1) is 3.57 Å². The third kappa shape index (κ3) is 5.03. The Morgan fingerprint density at radius 3 is 2.55 bits per heavy atom. The SMILES string of the molecule is COC(=O)C[C@H](NC(=O)Nc1ccccc1I)C(=O)O. The summed E-state index contributed by atoms with van der Waals surface area (Å²) in [5.41, 5.74) is 0.549. The summed E-state index contributed by atoms with van der Waals surface area (Å²) in [5.74, 6) is -2.03. The van der Waals surface area contributed by atoms with Crippen LogP contribution in [0.15, 0.2) is 24.3 Å². The van der Waals surface area contributed by atoms with E-state index >= 15 is 0 Å². The molecule has 1 aromatic carbocycles. The number of carbonyl (C=O) groups is 3. The smallest absolute Gasteiger partial charge is 0.326 e. The molecule has 0 unspecified atom stereocenters. The number of urea groups is 1. The molecule has 0 fully saturated rings. The van der Waals surface area contributed by atoms with Gasteiger partial charge in [0, 0.05) is 3.57 Å². The van der Waals surface area contributed by atoms with E-state index in [1.165, 1.54) is 0 Å². The number of anilines is 1. The lowest BCUT2D eigenvalue weighted by molar-refractivity contribution is -0.147. The average molecular weight is 392 g/mol. The van der Waals surface area contributed by atoms with Gasteiger partial charge in [-0.05, 0) is 34.7 Å². The van der Waals surface area contributed by atoms with Crippen molar-refractivity contribution < 1.29 is 24.2 Å². The van der Waals surface area contributed by atoms with Crippen molar-refractivity contribution in [2.75, 3.05) is 12.4 Å². The minimum atomic E-state index is -1.34. The number of carboxylic acid groups (broad SMARTS) is 1. The molecular weight excluding hydrogens is 379 g/mol. The Kier molecular flexibility index (Phi) is 6.22. The number of amides is 2. The zero-order valence-corrected chi connectivity index (χ0v) is 12.7. The summed E-state index contributed by atoms with van der Waals surface area (Å²) in [7, 11) is 1.15. The van der Waals surface area contributed by atoms with Crippen LogP contribution in [0.1, 0.15) is 6.42 Å². The van der Waals surface area contributed by atoms with Crippen molar-refractivity contribution >= 4 is 46.2 Å². The van der Waals surface area contributed by atoms with E-state index in [0.717, 1.165) is 10.7 Å². The predicted molar refractivity (Wildman–Crippen MR) is 79.4 cm³/mol. The first-order valence-corrected chi connectivity index (χ1v) is 6.63. The van der Waals surface area contributed by atoms with E-state index in [1.54, 1.807) is 18.2 Å². The zero-order valence-electron chi connectivity index (χ0n) is 10.6. The highest BCUT2D eigenvalue weighted by molar-refractivity contribution is 14.1. The molecule has 0 spiro atoms. The van der Waals surface area contributed by atoms with Gasteiger partial charge in [-0.3, -0.25) is 4.79 Å². The summed E-state index contributed by atoms with van der Waals surface area (Å²) in [6, 6.07) is 4.97. The highest BCUT2D eigenvalue weighted by atomic mass is 127. The van der Waals surface area contributed by atoms with Crippen molar-refractivity contribution in [2.45, 2.75) is 12.5 Å². The molecule has 1 rings (SSSR count). The second-order valence-corrected chi connectivity index (χ2v) is 4.91. The highest BCUT2D eigenvalue weighted by Crippen LogP contribution is 2.16. The molecule has 8 heteroatoms. The van der Waals surface area contributed by atoms with Crippen molar-refractivity contribution in [2.24, 2.45) is 0 Å². The van der Waals surface area contributed by atoms with Gasteiger partial charge in [-0.25, -0.2) is 9.59 Å². The maximum absolute atomic E-state index is 11.7. The van der Waals surface area contributed by atoms with E-state index in [1.807, 2.05) is 28.7 Å². The van der Waals surface area contributed by atoms with E-state index in [4.69, 9.17) is 5.11 Å². The van der Waals surface area contributed by atoms with E-state index in [-0.39, 0.29) is 0 Å². The van der Waals surface area contributed by atoms with E-state index < -0.39 is 30.4 Å². The van der Waals surface area contributed by atoms with Crippen molar-refractivity contribution in [1.29, 1.82) is 0 Å². The Morgan fingerprint density at radius 2 is 2.00 bits per heavy atom. The molecule has 0 heterocycles. The molecule has 0 radical (unpaired) electrons. The van der Waals surface area contributed by atoms with Crippen LogP contribution in [0.3, 0.4) is 0 Å². The predicted octanol–water partition coefficient (Wildman–Crippen LogP) is 1.43. The third-order valence-electron chi connectivity index (χ3n) is 2.32. The van der Waals surface area contributed by atoms with E-state index in [2.05, 4.69) is 15.4 Å². The standard InChI is InChI=1S/C12H13IN2O5/c1-20-10(16)6-9(11(17)18)15-12(19)14-8-5-3-2-4-7(8)13/h2-5,9H,6H2,1H3,(H,17,18)(H2,14,15,19)/t9-/m0/s1. The maximum atomic E-state index is 11.7.